The lowest BCUT2D eigenvalue weighted by molar-refractivity contribution is -0.144. The molecule has 3 saturated heterocycles. The Hall–Kier alpha value is -4.67. The molecule has 4 aromatic rings. The van der Waals surface area contributed by atoms with Crippen molar-refractivity contribution in [2.24, 2.45) is 17.8 Å². The first kappa shape index (κ1) is 37.3. The highest BCUT2D eigenvalue weighted by atomic mass is 35.5. The van der Waals surface area contributed by atoms with E-state index in [4.69, 9.17) is 21.0 Å². The number of para-hydroxylation sites is 1. The molecule has 0 saturated carbocycles. The Morgan fingerprint density at radius 1 is 0.891 bits per heavy atom. The van der Waals surface area contributed by atoms with E-state index in [1.54, 1.807) is 17.0 Å². The number of hydrogen-bond acceptors (Lipinski definition) is 7. The van der Waals surface area contributed by atoms with E-state index in [2.05, 4.69) is 29.2 Å². The minimum absolute atomic E-state index is 0.0922. The van der Waals surface area contributed by atoms with Gasteiger partial charge in [-0.2, -0.15) is 0 Å². The number of rotatable bonds is 11. The number of fused-ring (bicyclic) bond motifs is 3. The van der Waals surface area contributed by atoms with Crippen molar-refractivity contribution in [1.82, 2.24) is 9.80 Å². The number of aromatic hydroxyl groups is 1. The number of piperidine rings is 1. The van der Waals surface area contributed by atoms with Crippen molar-refractivity contribution in [3.8, 4) is 11.5 Å². The number of phenolic OH excluding ortho intramolecular Hbond substituents is 1. The van der Waals surface area contributed by atoms with E-state index in [-0.39, 0.29) is 42.5 Å². The van der Waals surface area contributed by atoms with Crippen LogP contribution < -0.4 is 4.74 Å². The summed E-state index contributed by atoms with van der Waals surface area (Å²) in [5.74, 6) is -0.782. The number of ether oxygens (including phenoxy) is 1. The van der Waals surface area contributed by atoms with Gasteiger partial charge >= 0.3 is 7.12 Å². The van der Waals surface area contributed by atoms with Gasteiger partial charge in [0.15, 0.2) is 0 Å². The molecular weight excluding hydrogens is 711 g/mol. The van der Waals surface area contributed by atoms with Crippen LogP contribution in [0.15, 0.2) is 120 Å². The molecule has 0 aromatic heterocycles. The maximum Gasteiger partial charge on any atom is 0.455 e. The third kappa shape index (κ3) is 8.17. The van der Waals surface area contributed by atoms with E-state index in [0.29, 0.717) is 24.3 Å². The zero-order valence-corrected chi connectivity index (χ0v) is 31.6. The molecule has 4 atom stereocenters. The van der Waals surface area contributed by atoms with Crippen LogP contribution in [0, 0.1) is 17.8 Å². The van der Waals surface area contributed by atoms with Crippen LogP contribution in [0.4, 0.5) is 0 Å². The summed E-state index contributed by atoms with van der Waals surface area (Å²) in [7, 11) is -1.08. The molecule has 0 radical (unpaired) electrons. The molecule has 55 heavy (non-hydrogen) atoms. The number of imide groups is 1. The summed E-state index contributed by atoms with van der Waals surface area (Å²) in [6.45, 7) is 2.74. The summed E-state index contributed by atoms with van der Waals surface area (Å²) < 4.78 is 12.7. The standard InChI is InChI=1S/C45H46BClN2O6/c47-40-26-36(50)18-16-33(40)24-32(31-12-6-2-7-13-31)17-19-41-42-34(29-54-37-14-8-3-9-15-37)25-38-43(39(42)27-46(53)55-41)45(52)49(44(38)51)35-20-22-48(23-21-35)28-30-10-4-1-5-11-30/h1-16,18,24,26,35,38-39,41,43,50,53H,17,19-23,25,27-29H2/b32-24-/t38-,39+,41-,43-/m1/s1. The lowest BCUT2D eigenvalue weighted by atomic mass is 9.58. The number of nitrogens with zero attached hydrogens (tertiary/aromatic N) is 2. The topological polar surface area (TPSA) is 99.5 Å². The van der Waals surface area contributed by atoms with Gasteiger partial charge in [0.05, 0.1) is 23.0 Å². The second-order valence-electron chi connectivity index (χ2n) is 15.2. The van der Waals surface area contributed by atoms with E-state index >= 15 is 0 Å². The van der Waals surface area contributed by atoms with Gasteiger partial charge in [-0.1, -0.05) is 90.5 Å². The number of likely N-dealkylation sites (tertiary alicyclic amines) is 2. The summed E-state index contributed by atoms with van der Waals surface area (Å²) in [6.07, 6.45) is 4.78. The van der Waals surface area contributed by atoms with E-state index in [1.807, 2.05) is 72.8 Å². The van der Waals surface area contributed by atoms with Crippen LogP contribution in [0.1, 0.15) is 48.8 Å². The lowest BCUT2D eigenvalue weighted by Gasteiger charge is -2.43. The third-order valence-corrected chi connectivity index (χ3v) is 12.1. The third-order valence-electron chi connectivity index (χ3n) is 11.8. The highest BCUT2D eigenvalue weighted by Crippen LogP contribution is 2.51. The molecule has 1 aliphatic carbocycles. The number of halogens is 1. The first-order valence-electron chi connectivity index (χ1n) is 19.4. The van der Waals surface area contributed by atoms with E-state index in [9.17, 15) is 19.7 Å². The van der Waals surface area contributed by atoms with Gasteiger partial charge in [0, 0.05) is 25.7 Å². The van der Waals surface area contributed by atoms with Crippen LogP contribution in [0.2, 0.25) is 11.3 Å². The molecule has 3 heterocycles. The number of hydrogen-bond donors (Lipinski definition) is 2. The monoisotopic (exact) mass is 756 g/mol. The molecule has 4 aliphatic rings. The summed E-state index contributed by atoms with van der Waals surface area (Å²) in [5, 5.41) is 21.7. The highest BCUT2D eigenvalue weighted by molar-refractivity contribution is 6.43. The van der Waals surface area contributed by atoms with Gasteiger partial charge < -0.3 is 19.5 Å². The smallest absolute Gasteiger partial charge is 0.455 e. The Bertz CT molecular complexity index is 2050. The number of allylic oxidation sites excluding steroid dienone is 1. The Balaban J connectivity index is 1.07. The highest BCUT2D eigenvalue weighted by Gasteiger charge is 2.58. The normalized spacial score (nSPS) is 23.6. The second-order valence-corrected chi connectivity index (χ2v) is 15.6. The Morgan fingerprint density at radius 3 is 2.29 bits per heavy atom. The summed E-state index contributed by atoms with van der Waals surface area (Å²) >= 11 is 6.56. The van der Waals surface area contributed by atoms with Crippen molar-refractivity contribution < 1.29 is 29.1 Å². The van der Waals surface area contributed by atoms with Crippen molar-refractivity contribution in [2.75, 3.05) is 19.7 Å². The molecular formula is C45H46BClN2O6. The fourth-order valence-corrected chi connectivity index (χ4v) is 9.43. The van der Waals surface area contributed by atoms with Crippen LogP contribution in [0.5, 0.6) is 11.5 Å². The summed E-state index contributed by atoms with van der Waals surface area (Å²) in [6, 6.07) is 34.8. The number of benzene rings is 4. The fourth-order valence-electron chi connectivity index (χ4n) is 9.20. The predicted molar refractivity (Wildman–Crippen MR) is 215 cm³/mol. The molecule has 4 aromatic carbocycles. The molecule has 8 rings (SSSR count). The molecule has 10 heteroatoms. The summed E-state index contributed by atoms with van der Waals surface area (Å²) in [4.78, 5) is 32.9. The van der Waals surface area contributed by atoms with Crippen LogP contribution in [0.25, 0.3) is 11.6 Å². The van der Waals surface area contributed by atoms with Gasteiger partial charge in [0.25, 0.3) is 0 Å². The van der Waals surface area contributed by atoms with Gasteiger partial charge in [-0.15, -0.1) is 0 Å². The van der Waals surface area contributed by atoms with Gasteiger partial charge in [0.2, 0.25) is 11.8 Å². The SMILES string of the molecule is O=C1[C@@H]2[C@@H](CC(COc3ccccc3)=C3[C@@H](CC/C(=C/c4ccc(O)cc4Cl)c4ccccc4)OB(O)C[C@@H]32)C(=O)N1C1CCN(Cc2ccccc2)CC1. The van der Waals surface area contributed by atoms with Gasteiger partial charge in [-0.25, -0.2) is 0 Å². The average Bonchev–Trinajstić information content (AvgIpc) is 3.46. The van der Waals surface area contributed by atoms with Crippen LogP contribution in [0.3, 0.4) is 0 Å². The first-order chi connectivity index (χ1) is 26.8. The molecule has 0 bridgehead atoms. The number of carbonyl (C=O) groups excluding carboxylic acids is 2. The van der Waals surface area contributed by atoms with Crippen LogP contribution in [-0.4, -0.2) is 70.7 Å². The van der Waals surface area contributed by atoms with Crippen LogP contribution in [-0.2, 0) is 20.8 Å². The van der Waals surface area contributed by atoms with Crippen molar-refractivity contribution in [3.63, 3.8) is 0 Å². The van der Waals surface area contributed by atoms with E-state index in [1.165, 1.54) is 11.6 Å². The Kier molecular flexibility index (Phi) is 11.2. The predicted octanol–water partition coefficient (Wildman–Crippen LogP) is 7.91. The zero-order valence-electron chi connectivity index (χ0n) is 30.8. The van der Waals surface area contributed by atoms with Crippen molar-refractivity contribution in [1.29, 1.82) is 0 Å². The van der Waals surface area contributed by atoms with Crippen molar-refractivity contribution >= 4 is 42.2 Å². The fraction of sp³-hybridized carbons (Fsp3) is 0.333. The number of amides is 2. The minimum atomic E-state index is -1.08. The molecule has 2 N–H and O–H groups in total. The Labute approximate surface area is 328 Å². The van der Waals surface area contributed by atoms with Gasteiger partial charge in [0.1, 0.15) is 18.1 Å². The van der Waals surface area contributed by atoms with Crippen molar-refractivity contribution in [3.05, 3.63) is 142 Å². The molecule has 2 amide bonds. The lowest BCUT2D eigenvalue weighted by Crippen LogP contribution is -2.48. The minimum Gasteiger partial charge on any atom is -0.508 e. The molecule has 282 valence electrons. The van der Waals surface area contributed by atoms with Crippen molar-refractivity contribution in [2.45, 2.75) is 57.1 Å². The molecule has 0 spiro atoms. The van der Waals surface area contributed by atoms with Gasteiger partial charge in [-0.3, -0.25) is 19.4 Å². The zero-order chi connectivity index (χ0) is 37.9. The number of phenols is 1. The average molecular weight is 757 g/mol. The van der Waals surface area contributed by atoms with Gasteiger partial charge in [-0.05, 0) is 114 Å². The maximum atomic E-state index is 14.6. The first-order valence-corrected chi connectivity index (χ1v) is 19.8. The Morgan fingerprint density at radius 2 is 1.58 bits per heavy atom. The maximum absolute atomic E-state index is 14.6. The van der Waals surface area contributed by atoms with E-state index < -0.39 is 25.1 Å². The molecule has 3 aliphatic heterocycles. The molecule has 8 nitrogen and oxygen atoms in total. The largest absolute Gasteiger partial charge is 0.508 e. The molecule has 3 fully saturated rings. The summed E-state index contributed by atoms with van der Waals surface area (Å²) in [5.41, 5.74) is 6.03. The van der Waals surface area contributed by atoms with E-state index in [0.717, 1.165) is 66.1 Å². The molecule has 0 unspecified atom stereocenters. The van der Waals surface area contributed by atoms with Crippen LogP contribution >= 0.6 is 11.6 Å². The second kappa shape index (κ2) is 16.6. The number of carbonyl (C=O) groups is 2. The quantitative estimate of drug-likeness (QED) is 0.0695.